The lowest BCUT2D eigenvalue weighted by molar-refractivity contribution is -0.134. The quantitative estimate of drug-likeness (QED) is 0.853. The number of hydrogen-bond donors (Lipinski definition) is 0. The van der Waals surface area contributed by atoms with E-state index in [0.717, 1.165) is 42.6 Å². The van der Waals surface area contributed by atoms with Crippen molar-refractivity contribution in [2.75, 3.05) is 18.0 Å². The minimum absolute atomic E-state index is 0.0626. The summed E-state index contributed by atoms with van der Waals surface area (Å²) in [6, 6.07) is 6.33. The molecule has 0 saturated carbocycles. The zero-order chi connectivity index (χ0) is 17.0. The van der Waals surface area contributed by atoms with Gasteiger partial charge in [-0.25, -0.2) is 0 Å². The highest BCUT2D eigenvalue weighted by Crippen LogP contribution is 2.24. The van der Waals surface area contributed by atoms with Crippen LogP contribution in [0.4, 0.5) is 5.69 Å². The molecule has 0 bridgehead atoms. The minimum Gasteiger partial charge on any atom is -0.338 e. The van der Waals surface area contributed by atoms with Crippen LogP contribution in [0.15, 0.2) is 18.2 Å². The van der Waals surface area contributed by atoms with Crippen molar-refractivity contribution in [1.82, 2.24) is 4.90 Å². The molecule has 2 amide bonds. The molecule has 4 heteroatoms. The molecular formula is C19H28N2O2. The van der Waals surface area contributed by atoms with Crippen LogP contribution in [-0.4, -0.2) is 35.8 Å². The number of piperidine rings is 1. The van der Waals surface area contributed by atoms with Gasteiger partial charge in [-0.3, -0.25) is 9.59 Å². The highest BCUT2D eigenvalue weighted by atomic mass is 16.2. The van der Waals surface area contributed by atoms with Crippen LogP contribution in [0.25, 0.3) is 0 Å². The molecule has 1 heterocycles. The predicted molar refractivity (Wildman–Crippen MR) is 93.6 cm³/mol. The molecule has 0 aromatic heterocycles. The van der Waals surface area contributed by atoms with Gasteiger partial charge in [0.1, 0.15) is 6.54 Å². The number of hydrogen-bond acceptors (Lipinski definition) is 2. The third kappa shape index (κ3) is 4.12. The lowest BCUT2D eigenvalue weighted by atomic mass is 10.00. The fourth-order valence-electron chi connectivity index (χ4n) is 3.36. The first-order valence-corrected chi connectivity index (χ1v) is 8.58. The van der Waals surface area contributed by atoms with Crippen molar-refractivity contribution >= 4 is 17.5 Å². The number of nitrogens with zero attached hydrogens (tertiary/aromatic N) is 2. The van der Waals surface area contributed by atoms with E-state index in [1.54, 1.807) is 4.90 Å². The maximum absolute atomic E-state index is 12.8. The third-order valence-corrected chi connectivity index (χ3v) is 4.75. The van der Waals surface area contributed by atoms with Crippen LogP contribution in [0, 0.1) is 13.8 Å². The molecule has 1 fully saturated rings. The number of benzene rings is 1. The van der Waals surface area contributed by atoms with Gasteiger partial charge in [0.2, 0.25) is 11.8 Å². The second kappa shape index (κ2) is 7.62. The normalized spacial score (nSPS) is 17.9. The first kappa shape index (κ1) is 17.5. The van der Waals surface area contributed by atoms with E-state index in [-0.39, 0.29) is 18.4 Å². The number of carbonyl (C=O) groups excluding carboxylic acids is 2. The Morgan fingerprint density at radius 2 is 2.00 bits per heavy atom. The van der Waals surface area contributed by atoms with Gasteiger partial charge < -0.3 is 9.80 Å². The molecule has 0 aliphatic carbocycles. The molecule has 1 atom stereocenters. The topological polar surface area (TPSA) is 40.6 Å². The smallest absolute Gasteiger partial charge is 0.242 e. The van der Waals surface area contributed by atoms with E-state index in [2.05, 4.69) is 6.92 Å². The van der Waals surface area contributed by atoms with Gasteiger partial charge in [0.05, 0.1) is 0 Å². The summed E-state index contributed by atoms with van der Waals surface area (Å²) in [5.74, 6) is -0.0234. The van der Waals surface area contributed by atoms with Crippen molar-refractivity contribution in [3.8, 4) is 0 Å². The molecular weight excluding hydrogens is 288 g/mol. The second-order valence-electron chi connectivity index (χ2n) is 6.54. The van der Waals surface area contributed by atoms with Crippen molar-refractivity contribution in [1.29, 1.82) is 0 Å². The monoisotopic (exact) mass is 316 g/mol. The average Bonchev–Trinajstić information content (AvgIpc) is 2.54. The first-order chi connectivity index (χ1) is 10.9. The van der Waals surface area contributed by atoms with E-state index in [1.807, 2.05) is 36.9 Å². The van der Waals surface area contributed by atoms with Crippen molar-refractivity contribution in [2.45, 2.75) is 59.4 Å². The van der Waals surface area contributed by atoms with Crippen molar-refractivity contribution in [3.63, 3.8) is 0 Å². The molecule has 2 rings (SSSR count). The Hall–Kier alpha value is -1.84. The van der Waals surface area contributed by atoms with E-state index in [4.69, 9.17) is 0 Å². The largest absolute Gasteiger partial charge is 0.338 e. The van der Waals surface area contributed by atoms with Gasteiger partial charge in [-0.2, -0.15) is 0 Å². The summed E-state index contributed by atoms with van der Waals surface area (Å²) in [4.78, 5) is 28.5. The van der Waals surface area contributed by atoms with Crippen LogP contribution in [-0.2, 0) is 9.59 Å². The van der Waals surface area contributed by atoms with Gasteiger partial charge in [-0.15, -0.1) is 0 Å². The summed E-state index contributed by atoms with van der Waals surface area (Å²) in [6.45, 7) is 8.59. The Bertz CT molecular complexity index is 583. The summed E-state index contributed by atoms with van der Waals surface area (Å²) < 4.78 is 0. The number of likely N-dealkylation sites (tertiary alicyclic amines) is 1. The van der Waals surface area contributed by atoms with Crippen molar-refractivity contribution < 1.29 is 9.59 Å². The lowest BCUT2D eigenvalue weighted by Crippen LogP contribution is -2.48. The third-order valence-electron chi connectivity index (χ3n) is 4.75. The second-order valence-corrected chi connectivity index (χ2v) is 6.54. The molecule has 23 heavy (non-hydrogen) atoms. The Morgan fingerprint density at radius 1 is 1.26 bits per heavy atom. The number of aryl methyl sites for hydroxylation is 2. The molecule has 1 aliphatic heterocycles. The zero-order valence-electron chi connectivity index (χ0n) is 14.8. The summed E-state index contributed by atoms with van der Waals surface area (Å²) >= 11 is 0. The molecule has 1 saturated heterocycles. The van der Waals surface area contributed by atoms with Crippen LogP contribution in [0.2, 0.25) is 0 Å². The van der Waals surface area contributed by atoms with E-state index < -0.39 is 0 Å². The van der Waals surface area contributed by atoms with Crippen molar-refractivity contribution in [2.24, 2.45) is 0 Å². The zero-order valence-corrected chi connectivity index (χ0v) is 14.8. The van der Waals surface area contributed by atoms with Crippen LogP contribution < -0.4 is 4.90 Å². The SMILES string of the molecule is CCC1CCCCN1C(=O)CN(C(C)=O)c1cc(C)ccc1C. The fourth-order valence-corrected chi connectivity index (χ4v) is 3.36. The molecule has 0 spiro atoms. The highest BCUT2D eigenvalue weighted by Gasteiger charge is 2.28. The summed E-state index contributed by atoms with van der Waals surface area (Å²) in [5, 5.41) is 0. The molecule has 4 nitrogen and oxygen atoms in total. The highest BCUT2D eigenvalue weighted by molar-refractivity contribution is 5.98. The molecule has 1 aromatic carbocycles. The van der Waals surface area contributed by atoms with Crippen LogP contribution in [0.3, 0.4) is 0 Å². The Kier molecular flexibility index (Phi) is 5.80. The fraction of sp³-hybridized carbons (Fsp3) is 0.579. The van der Waals surface area contributed by atoms with Gasteiger partial charge in [0, 0.05) is 25.2 Å². The average molecular weight is 316 g/mol. The van der Waals surface area contributed by atoms with Gasteiger partial charge in [-0.1, -0.05) is 19.1 Å². The number of anilines is 1. The Labute approximate surface area is 139 Å². The van der Waals surface area contributed by atoms with Crippen LogP contribution in [0.1, 0.15) is 50.7 Å². The van der Waals surface area contributed by atoms with Gasteiger partial charge in [-0.05, 0) is 56.7 Å². The summed E-state index contributed by atoms with van der Waals surface area (Å²) in [6.07, 6.45) is 4.31. The van der Waals surface area contributed by atoms with E-state index in [0.29, 0.717) is 6.04 Å². The first-order valence-electron chi connectivity index (χ1n) is 8.58. The molecule has 0 radical (unpaired) electrons. The molecule has 0 N–H and O–H groups in total. The van der Waals surface area contributed by atoms with E-state index >= 15 is 0 Å². The number of amides is 2. The van der Waals surface area contributed by atoms with Gasteiger partial charge in [0.15, 0.2) is 0 Å². The van der Waals surface area contributed by atoms with E-state index in [9.17, 15) is 9.59 Å². The molecule has 1 aromatic rings. The van der Waals surface area contributed by atoms with Gasteiger partial charge >= 0.3 is 0 Å². The molecule has 126 valence electrons. The molecule has 1 unspecified atom stereocenters. The minimum atomic E-state index is -0.0860. The van der Waals surface area contributed by atoms with Crippen molar-refractivity contribution in [3.05, 3.63) is 29.3 Å². The standard InChI is InChI=1S/C19H28N2O2/c1-5-17-8-6-7-11-20(17)19(23)13-21(16(4)22)18-12-14(2)9-10-15(18)3/h9-10,12,17H,5-8,11,13H2,1-4H3. The Morgan fingerprint density at radius 3 is 2.65 bits per heavy atom. The lowest BCUT2D eigenvalue weighted by Gasteiger charge is -2.36. The van der Waals surface area contributed by atoms with Crippen LogP contribution >= 0.6 is 0 Å². The maximum atomic E-state index is 12.8. The Balaban J connectivity index is 2.20. The summed E-state index contributed by atoms with van der Waals surface area (Å²) in [7, 11) is 0. The summed E-state index contributed by atoms with van der Waals surface area (Å²) in [5.41, 5.74) is 2.95. The van der Waals surface area contributed by atoms with Gasteiger partial charge in [0.25, 0.3) is 0 Å². The van der Waals surface area contributed by atoms with Crippen LogP contribution in [0.5, 0.6) is 0 Å². The molecule has 1 aliphatic rings. The number of carbonyl (C=O) groups is 2. The predicted octanol–water partition coefficient (Wildman–Crippen LogP) is 3.45. The maximum Gasteiger partial charge on any atom is 0.242 e. The number of rotatable bonds is 4. The van der Waals surface area contributed by atoms with E-state index in [1.165, 1.54) is 13.3 Å².